The Labute approximate surface area is 193 Å². The van der Waals surface area contributed by atoms with Crippen LogP contribution in [-0.2, 0) is 11.8 Å². The summed E-state index contributed by atoms with van der Waals surface area (Å²) >= 11 is 0. The van der Waals surface area contributed by atoms with Crippen molar-refractivity contribution in [3.63, 3.8) is 0 Å². The standard InChI is InChI=1S/C21H38N6O.HI/c1-5-22-21(23-14-19(12-17(2)3)26-8-6-7-9-26)27-10-11-28-20(16-27)18-13-24-25(4)15-18;/h13,15,17,19-20H,5-12,14,16H2,1-4H3,(H,22,23);1H. The molecule has 0 radical (unpaired) electrons. The number of rotatable bonds is 7. The average molecular weight is 518 g/mol. The molecule has 2 aliphatic heterocycles. The normalized spacial score (nSPS) is 22.0. The first-order valence-electron chi connectivity index (χ1n) is 10.9. The van der Waals surface area contributed by atoms with Crippen LogP contribution in [0.1, 0.15) is 51.7 Å². The summed E-state index contributed by atoms with van der Waals surface area (Å²) in [6.45, 7) is 13.4. The van der Waals surface area contributed by atoms with Gasteiger partial charge in [-0.25, -0.2) is 0 Å². The van der Waals surface area contributed by atoms with Gasteiger partial charge in [0.25, 0.3) is 0 Å². The highest BCUT2D eigenvalue weighted by Gasteiger charge is 2.26. The Bertz CT molecular complexity index is 628. The molecule has 0 aromatic carbocycles. The Balaban J connectivity index is 0.00000300. The molecule has 2 atom stereocenters. The van der Waals surface area contributed by atoms with Crippen molar-refractivity contribution >= 4 is 29.9 Å². The van der Waals surface area contributed by atoms with E-state index in [0.717, 1.165) is 37.7 Å². The van der Waals surface area contributed by atoms with E-state index in [1.54, 1.807) is 0 Å². The third kappa shape index (κ3) is 7.10. The number of hydrogen-bond acceptors (Lipinski definition) is 4. The fourth-order valence-electron chi connectivity index (χ4n) is 4.26. The zero-order valence-electron chi connectivity index (χ0n) is 18.5. The van der Waals surface area contributed by atoms with E-state index in [2.05, 4.69) is 41.0 Å². The van der Waals surface area contributed by atoms with Crippen molar-refractivity contribution in [2.45, 2.75) is 52.2 Å². The SMILES string of the molecule is CCNC(=NCC(CC(C)C)N1CCCC1)N1CCOC(c2cnn(C)c2)C1.I. The van der Waals surface area contributed by atoms with Gasteiger partial charge in [0, 0.05) is 37.9 Å². The number of ether oxygens (including phenoxy) is 1. The predicted octanol–water partition coefficient (Wildman–Crippen LogP) is 2.89. The third-order valence-electron chi connectivity index (χ3n) is 5.65. The monoisotopic (exact) mass is 518 g/mol. The summed E-state index contributed by atoms with van der Waals surface area (Å²) in [5.74, 6) is 1.72. The molecule has 2 aliphatic rings. The van der Waals surface area contributed by atoms with E-state index in [0.29, 0.717) is 18.6 Å². The maximum Gasteiger partial charge on any atom is 0.194 e. The smallest absolute Gasteiger partial charge is 0.194 e. The van der Waals surface area contributed by atoms with Gasteiger partial charge in [0.1, 0.15) is 6.10 Å². The fourth-order valence-corrected chi connectivity index (χ4v) is 4.26. The van der Waals surface area contributed by atoms with Crippen LogP contribution in [0.25, 0.3) is 0 Å². The number of aliphatic imine (C=N–C) groups is 1. The molecule has 2 fully saturated rings. The zero-order chi connectivity index (χ0) is 19.9. The van der Waals surface area contributed by atoms with Crippen LogP contribution in [0.5, 0.6) is 0 Å². The second-order valence-electron chi connectivity index (χ2n) is 8.47. The summed E-state index contributed by atoms with van der Waals surface area (Å²) in [5, 5.41) is 7.81. The minimum Gasteiger partial charge on any atom is -0.370 e. The van der Waals surface area contributed by atoms with Crippen molar-refractivity contribution in [2.75, 3.05) is 45.9 Å². The highest BCUT2D eigenvalue weighted by atomic mass is 127. The van der Waals surface area contributed by atoms with E-state index < -0.39 is 0 Å². The van der Waals surface area contributed by atoms with Gasteiger partial charge in [-0.1, -0.05) is 13.8 Å². The largest absolute Gasteiger partial charge is 0.370 e. The number of likely N-dealkylation sites (tertiary alicyclic amines) is 1. The first kappa shape index (κ1) is 24.4. The van der Waals surface area contributed by atoms with Crippen LogP contribution < -0.4 is 5.32 Å². The maximum atomic E-state index is 6.01. The molecule has 3 heterocycles. The van der Waals surface area contributed by atoms with E-state index in [-0.39, 0.29) is 30.1 Å². The number of aryl methyl sites for hydroxylation is 1. The van der Waals surface area contributed by atoms with E-state index in [9.17, 15) is 0 Å². The lowest BCUT2D eigenvalue weighted by Gasteiger charge is -2.35. The van der Waals surface area contributed by atoms with Gasteiger partial charge in [-0.15, -0.1) is 24.0 Å². The number of hydrogen-bond donors (Lipinski definition) is 1. The molecule has 7 nitrogen and oxygen atoms in total. The number of halogens is 1. The minimum absolute atomic E-state index is 0. The van der Waals surface area contributed by atoms with Crippen molar-refractivity contribution in [3.8, 4) is 0 Å². The van der Waals surface area contributed by atoms with Gasteiger partial charge in [0.05, 0.1) is 25.9 Å². The first-order chi connectivity index (χ1) is 13.6. The fraction of sp³-hybridized carbons (Fsp3) is 0.810. The van der Waals surface area contributed by atoms with Gasteiger partial charge in [0.2, 0.25) is 0 Å². The van der Waals surface area contributed by atoms with Crippen LogP contribution in [0, 0.1) is 5.92 Å². The highest BCUT2D eigenvalue weighted by Crippen LogP contribution is 2.22. The summed E-state index contributed by atoms with van der Waals surface area (Å²) in [4.78, 5) is 10.1. The predicted molar refractivity (Wildman–Crippen MR) is 129 cm³/mol. The summed E-state index contributed by atoms with van der Waals surface area (Å²) in [5.41, 5.74) is 1.14. The van der Waals surface area contributed by atoms with Gasteiger partial charge in [-0.3, -0.25) is 14.6 Å². The Morgan fingerprint density at radius 1 is 1.31 bits per heavy atom. The average Bonchev–Trinajstić information content (AvgIpc) is 3.35. The summed E-state index contributed by atoms with van der Waals surface area (Å²) in [6, 6.07) is 0.548. The minimum atomic E-state index is 0. The van der Waals surface area contributed by atoms with E-state index in [4.69, 9.17) is 9.73 Å². The number of aromatic nitrogens is 2. The molecule has 0 aliphatic carbocycles. The molecule has 2 unspecified atom stereocenters. The van der Waals surface area contributed by atoms with Gasteiger partial charge >= 0.3 is 0 Å². The molecule has 1 aromatic rings. The van der Waals surface area contributed by atoms with Crippen LogP contribution in [0.4, 0.5) is 0 Å². The van der Waals surface area contributed by atoms with Gasteiger partial charge in [-0.05, 0) is 45.2 Å². The van der Waals surface area contributed by atoms with Gasteiger partial charge in [0.15, 0.2) is 5.96 Å². The molecule has 0 amide bonds. The van der Waals surface area contributed by atoms with Crippen LogP contribution >= 0.6 is 24.0 Å². The Hall–Kier alpha value is -0.870. The summed E-state index contributed by atoms with van der Waals surface area (Å²) in [7, 11) is 1.95. The molecule has 1 N–H and O–H groups in total. The molecular formula is C21H39IN6O. The van der Waals surface area contributed by atoms with E-state index in [1.165, 1.54) is 32.4 Å². The first-order valence-corrected chi connectivity index (χ1v) is 10.9. The second-order valence-corrected chi connectivity index (χ2v) is 8.47. The lowest BCUT2D eigenvalue weighted by atomic mass is 10.0. The number of nitrogens with one attached hydrogen (secondary N) is 1. The van der Waals surface area contributed by atoms with Crippen LogP contribution in [-0.4, -0.2) is 77.5 Å². The van der Waals surface area contributed by atoms with Crippen molar-refractivity contribution in [1.29, 1.82) is 0 Å². The number of guanidine groups is 1. The van der Waals surface area contributed by atoms with Crippen molar-refractivity contribution in [2.24, 2.45) is 18.0 Å². The molecule has 8 heteroatoms. The van der Waals surface area contributed by atoms with Crippen LogP contribution in [0.3, 0.4) is 0 Å². The number of nitrogens with zero attached hydrogens (tertiary/aromatic N) is 5. The van der Waals surface area contributed by atoms with Crippen LogP contribution in [0.2, 0.25) is 0 Å². The molecular weight excluding hydrogens is 479 g/mol. The molecule has 0 bridgehead atoms. The molecule has 1 aromatic heterocycles. The Kier molecular flexibility index (Phi) is 10.2. The second kappa shape index (κ2) is 12.1. The Morgan fingerprint density at radius 3 is 2.69 bits per heavy atom. The van der Waals surface area contributed by atoms with Gasteiger partial charge < -0.3 is 15.0 Å². The van der Waals surface area contributed by atoms with Gasteiger partial charge in [-0.2, -0.15) is 5.10 Å². The third-order valence-corrected chi connectivity index (χ3v) is 5.65. The lowest BCUT2D eigenvalue weighted by molar-refractivity contribution is -0.00808. The summed E-state index contributed by atoms with van der Waals surface area (Å²) < 4.78 is 7.85. The molecule has 0 saturated carbocycles. The van der Waals surface area contributed by atoms with Crippen molar-refractivity contribution in [3.05, 3.63) is 18.0 Å². The molecule has 2 saturated heterocycles. The van der Waals surface area contributed by atoms with E-state index >= 15 is 0 Å². The van der Waals surface area contributed by atoms with Crippen molar-refractivity contribution in [1.82, 2.24) is 24.9 Å². The molecule has 0 spiro atoms. The molecule has 3 rings (SSSR count). The quantitative estimate of drug-likeness (QED) is 0.342. The van der Waals surface area contributed by atoms with Crippen molar-refractivity contribution < 1.29 is 4.74 Å². The Morgan fingerprint density at radius 2 is 2.07 bits per heavy atom. The number of morpholine rings is 1. The summed E-state index contributed by atoms with van der Waals surface area (Å²) in [6.07, 6.45) is 7.87. The maximum absolute atomic E-state index is 6.01. The van der Waals surface area contributed by atoms with E-state index in [1.807, 2.05) is 24.1 Å². The molecule has 29 heavy (non-hydrogen) atoms. The molecule has 166 valence electrons. The topological polar surface area (TPSA) is 57.9 Å². The zero-order valence-corrected chi connectivity index (χ0v) is 20.8. The van der Waals surface area contributed by atoms with Crippen LogP contribution in [0.15, 0.2) is 17.4 Å². The highest BCUT2D eigenvalue weighted by molar-refractivity contribution is 14.0. The lowest BCUT2D eigenvalue weighted by Crippen LogP contribution is -2.48.